The van der Waals surface area contributed by atoms with Crippen LogP contribution in [-0.2, 0) is 11.3 Å². The predicted octanol–water partition coefficient (Wildman–Crippen LogP) is 5.88. The van der Waals surface area contributed by atoms with Crippen LogP contribution in [0.15, 0.2) is 41.4 Å². The number of aromatic nitrogens is 1. The molecule has 3 fully saturated rings. The number of alkyl halides is 1. The van der Waals surface area contributed by atoms with Gasteiger partial charge < -0.3 is 29.9 Å². The van der Waals surface area contributed by atoms with E-state index >= 15 is 4.39 Å². The number of morpholine rings is 1. The Morgan fingerprint density at radius 1 is 1.02 bits per heavy atom. The van der Waals surface area contributed by atoms with Crippen molar-refractivity contribution in [3.05, 3.63) is 65.1 Å². The summed E-state index contributed by atoms with van der Waals surface area (Å²) in [6.07, 6.45) is 1.58. The van der Waals surface area contributed by atoms with Crippen LogP contribution in [0, 0.1) is 28.8 Å². The molecule has 0 aliphatic carbocycles. The van der Waals surface area contributed by atoms with Crippen LogP contribution in [0.3, 0.4) is 0 Å². The Kier molecular flexibility index (Phi) is 13.1. The fraction of sp³-hybridized carbons (Fsp3) is 0.605. The third-order valence-electron chi connectivity index (χ3n) is 11.2. The van der Waals surface area contributed by atoms with Crippen molar-refractivity contribution in [2.24, 2.45) is 11.3 Å². The fourth-order valence-corrected chi connectivity index (χ4v) is 9.03. The monoisotopic (exact) mass is 734 g/mol. The lowest BCUT2D eigenvalue weighted by atomic mass is 9.66. The number of pyridine rings is 1. The van der Waals surface area contributed by atoms with Gasteiger partial charge in [0.15, 0.2) is 0 Å². The first-order valence-electron chi connectivity index (χ1n) is 18.1. The minimum absolute atomic E-state index is 0.0500. The van der Waals surface area contributed by atoms with Gasteiger partial charge in [0.05, 0.1) is 42.9 Å². The molecule has 3 aliphatic heterocycles. The molecule has 13 heteroatoms. The molecule has 0 bridgehead atoms. The Morgan fingerprint density at radius 3 is 2.41 bits per heavy atom. The van der Waals surface area contributed by atoms with Crippen LogP contribution in [0.2, 0.25) is 0 Å². The van der Waals surface area contributed by atoms with E-state index in [1.807, 2.05) is 18.2 Å². The number of likely N-dealkylation sites (tertiary alicyclic amines) is 1. The zero-order valence-corrected chi connectivity index (χ0v) is 30.1. The first-order valence-corrected chi connectivity index (χ1v) is 19.1. The Labute approximate surface area is 301 Å². The number of nitrogens with zero attached hydrogens (tertiary/aromatic N) is 3. The van der Waals surface area contributed by atoms with Crippen LogP contribution < -0.4 is 10.1 Å². The molecule has 280 valence electrons. The number of rotatable bonds is 14. The van der Waals surface area contributed by atoms with E-state index in [1.165, 1.54) is 0 Å². The third-order valence-corrected chi connectivity index (χ3v) is 12.3. The van der Waals surface area contributed by atoms with Crippen LogP contribution in [-0.4, -0.2) is 109 Å². The second-order valence-electron chi connectivity index (χ2n) is 14.2. The number of hydrogen-bond acceptors (Lipinski definition) is 9. The number of aliphatic hydroxyl groups is 2. The van der Waals surface area contributed by atoms with Gasteiger partial charge in [-0.3, -0.25) is 9.88 Å². The highest BCUT2D eigenvalue weighted by atomic mass is 32.2. The standard InChI is InChI=1S/C38H50F4N4O4S/c1-49-28-2-3-33-29(22-28)34(26(23-44-33)24-46-14-17-50-18-15-46)30(40)4-7-38(37(48)35(47)25-5-10-43-11-6-25)8-12-45(13-9-38)16-19-51-36-31(41)20-27(39)21-32(36)42/h2-3,20-23,25,30,35,37,43,47-48H,4-19,24H2,1H3/t30-,35?,37?/m0/s1. The topological polar surface area (TPSA) is 90.3 Å². The summed E-state index contributed by atoms with van der Waals surface area (Å²) in [7, 11) is 1.59. The predicted molar refractivity (Wildman–Crippen MR) is 190 cm³/mol. The molecule has 0 saturated carbocycles. The van der Waals surface area contributed by atoms with E-state index in [0.29, 0.717) is 98.8 Å². The highest BCUT2D eigenvalue weighted by Crippen LogP contribution is 2.46. The van der Waals surface area contributed by atoms with Gasteiger partial charge in [0.1, 0.15) is 29.4 Å². The SMILES string of the molecule is COc1ccc2ncc(CN3CCOCC3)c([C@@H](F)CCC3(C(O)C(O)C4CCNCC4)CCN(CCSc4c(F)cc(F)cc4F)CC3)c2c1. The van der Waals surface area contributed by atoms with Crippen molar-refractivity contribution in [3.8, 4) is 5.75 Å². The molecule has 51 heavy (non-hydrogen) atoms. The number of halogens is 4. The van der Waals surface area contributed by atoms with Crippen molar-refractivity contribution in [2.45, 2.75) is 68.3 Å². The van der Waals surface area contributed by atoms with Gasteiger partial charge in [-0.05, 0) is 94.4 Å². The van der Waals surface area contributed by atoms with Gasteiger partial charge in [-0.25, -0.2) is 17.6 Å². The molecule has 2 unspecified atom stereocenters. The van der Waals surface area contributed by atoms with E-state index in [0.717, 1.165) is 56.3 Å². The molecule has 3 saturated heterocycles. The average Bonchev–Trinajstić information content (AvgIpc) is 3.15. The number of methoxy groups -OCH3 is 1. The average molecular weight is 735 g/mol. The highest BCUT2D eigenvalue weighted by molar-refractivity contribution is 7.99. The number of benzene rings is 2. The molecule has 0 amide bonds. The normalized spacial score (nSPS) is 21.1. The number of piperidine rings is 2. The Balaban J connectivity index is 1.20. The molecule has 6 rings (SSSR count). The number of thioether (sulfide) groups is 1. The maximum Gasteiger partial charge on any atom is 0.142 e. The van der Waals surface area contributed by atoms with Crippen LogP contribution >= 0.6 is 11.8 Å². The summed E-state index contributed by atoms with van der Waals surface area (Å²) in [6.45, 7) is 6.54. The van der Waals surface area contributed by atoms with Crippen molar-refractivity contribution in [1.82, 2.24) is 20.1 Å². The summed E-state index contributed by atoms with van der Waals surface area (Å²) in [6, 6.07) is 6.88. The molecular weight excluding hydrogens is 685 g/mol. The Bertz CT molecular complexity index is 1580. The quantitative estimate of drug-likeness (QED) is 0.139. The second-order valence-corrected chi connectivity index (χ2v) is 15.4. The zero-order valence-electron chi connectivity index (χ0n) is 29.3. The largest absolute Gasteiger partial charge is 0.497 e. The number of ether oxygens (including phenoxy) is 2. The van der Waals surface area contributed by atoms with Crippen molar-refractivity contribution in [3.63, 3.8) is 0 Å². The molecule has 0 radical (unpaired) electrons. The molecule has 4 heterocycles. The lowest BCUT2D eigenvalue weighted by Crippen LogP contribution is -2.53. The Hall–Kier alpha value is -2.52. The van der Waals surface area contributed by atoms with E-state index in [-0.39, 0.29) is 17.2 Å². The summed E-state index contributed by atoms with van der Waals surface area (Å²) in [5.74, 6) is -1.82. The Morgan fingerprint density at radius 2 is 1.73 bits per heavy atom. The van der Waals surface area contributed by atoms with Crippen LogP contribution in [0.5, 0.6) is 5.75 Å². The number of nitrogens with one attached hydrogen (secondary N) is 1. The molecule has 3 aliphatic rings. The molecule has 3 N–H and O–H groups in total. The van der Waals surface area contributed by atoms with Crippen molar-refractivity contribution >= 4 is 22.7 Å². The molecule has 0 spiro atoms. The molecule has 8 nitrogen and oxygen atoms in total. The van der Waals surface area contributed by atoms with Gasteiger partial charge in [-0.2, -0.15) is 0 Å². The van der Waals surface area contributed by atoms with E-state index in [4.69, 9.17) is 9.47 Å². The van der Waals surface area contributed by atoms with Gasteiger partial charge >= 0.3 is 0 Å². The van der Waals surface area contributed by atoms with Gasteiger partial charge in [-0.15, -0.1) is 11.8 Å². The summed E-state index contributed by atoms with van der Waals surface area (Å²) in [5.41, 5.74) is 1.36. The third kappa shape index (κ3) is 9.17. The maximum absolute atomic E-state index is 17.0. The van der Waals surface area contributed by atoms with Gasteiger partial charge in [0, 0.05) is 66.6 Å². The van der Waals surface area contributed by atoms with Gasteiger partial charge in [0.25, 0.3) is 0 Å². The first-order chi connectivity index (χ1) is 24.7. The van der Waals surface area contributed by atoms with Crippen LogP contribution in [0.4, 0.5) is 17.6 Å². The van der Waals surface area contributed by atoms with E-state index in [1.54, 1.807) is 13.3 Å². The fourth-order valence-electron chi connectivity index (χ4n) is 8.08. The van der Waals surface area contributed by atoms with Gasteiger partial charge in [-0.1, -0.05) is 0 Å². The number of aliphatic hydroxyl groups excluding tert-OH is 2. The molecule has 3 atom stereocenters. The summed E-state index contributed by atoms with van der Waals surface area (Å²) >= 11 is 1.01. The molecule has 1 aromatic heterocycles. The maximum atomic E-state index is 17.0. The van der Waals surface area contributed by atoms with Crippen molar-refractivity contribution in [1.29, 1.82) is 0 Å². The van der Waals surface area contributed by atoms with E-state index in [2.05, 4.69) is 20.1 Å². The first kappa shape index (κ1) is 38.2. The smallest absolute Gasteiger partial charge is 0.142 e. The summed E-state index contributed by atoms with van der Waals surface area (Å²) in [4.78, 5) is 8.89. The van der Waals surface area contributed by atoms with Crippen LogP contribution in [0.25, 0.3) is 10.9 Å². The van der Waals surface area contributed by atoms with E-state index in [9.17, 15) is 23.4 Å². The van der Waals surface area contributed by atoms with E-state index < -0.39 is 41.2 Å². The van der Waals surface area contributed by atoms with Gasteiger partial charge in [0.2, 0.25) is 0 Å². The zero-order chi connectivity index (χ0) is 36.0. The lowest BCUT2D eigenvalue weighted by Gasteiger charge is -2.48. The van der Waals surface area contributed by atoms with Crippen LogP contribution in [0.1, 0.15) is 55.8 Å². The van der Waals surface area contributed by atoms with Crippen molar-refractivity contribution < 1.29 is 37.2 Å². The lowest BCUT2D eigenvalue weighted by molar-refractivity contribution is -0.117. The summed E-state index contributed by atoms with van der Waals surface area (Å²) < 4.78 is 69.9. The molecule has 2 aromatic carbocycles. The minimum atomic E-state index is -1.35. The summed E-state index contributed by atoms with van der Waals surface area (Å²) in [5, 5.41) is 27.5. The number of fused-ring (bicyclic) bond motifs is 1. The minimum Gasteiger partial charge on any atom is -0.497 e. The molecule has 3 aromatic rings. The number of hydrogen-bond donors (Lipinski definition) is 3. The molecular formula is C38H50F4N4O4S. The second kappa shape index (κ2) is 17.5. The highest BCUT2D eigenvalue weighted by Gasteiger charge is 2.46. The van der Waals surface area contributed by atoms with Crippen molar-refractivity contribution in [2.75, 3.05) is 71.9 Å².